The Balaban J connectivity index is 1.60. The Morgan fingerprint density at radius 1 is 0.694 bits per heavy atom. The van der Waals surface area contributed by atoms with E-state index in [4.69, 9.17) is 23.2 Å². The highest BCUT2D eigenvalue weighted by atomic mass is 35.5. The fraction of sp³-hybridized carbons (Fsp3) is 0.100. The molecule has 0 spiro atoms. The maximum Gasteiger partial charge on any atom is 0.227 e. The minimum Gasteiger partial charge on any atom is -0.308 e. The zero-order valence-electron chi connectivity index (χ0n) is 19.5. The zero-order valence-corrected chi connectivity index (χ0v) is 21.0. The standard InChI is InChI=1S/C30H18Cl2N4/c1-30(2)20-8-5-7-18-17-11-10-15(27-33-28(31)35-29(32)34-27)14-23(17)36-22-9-4-3-6-16(22)19-12-13-21(30)25(24(18)20)26(19)36/h3-14H,1-2H3. The van der Waals surface area contributed by atoms with Crippen molar-refractivity contribution in [1.82, 2.24) is 19.5 Å². The predicted octanol–water partition coefficient (Wildman–Crippen LogP) is 8.23. The Labute approximate surface area is 217 Å². The van der Waals surface area contributed by atoms with Crippen LogP contribution in [0.3, 0.4) is 0 Å². The van der Waals surface area contributed by atoms with E-state index in [1.807, 2.05) is 6.07 Å². The lowest BCUT2D eigenvalue weighted by atomic mass is 9.81. The second-order valence-electron chi connectivity index (χ2n) is 10.0. The van der Waals surface area contributed by atoms with Crippen molar-refractivity contribution in [2.45, 2.75) is 19.3 Å². The molecule has 0 saturated carbocycles. The van der Waals surface area contributed by atoms with Gasteiger partial charge in [-0.2, -0.15) is 15.0 Å². The summed E-state index contributed by atoms with van der Waals surface area (Å²) in [5.74, 6) is 0.455. The molecule has 0 fully saturated rings. The van der Waals surface area contributed by atoms with Crippen LogP contribution in [0.5, 0.6) is 0 Å². The first kappa shape index (κ1) is 20.5. The molecule has 4 aromatic carbocycles. The van der Waals surface area contributed by atoms with Crippen LogP contribution in [0.4, 0.5) is 0 Å². The summed E-state index contributed by atoms with van der Waals surface area (Å²) in [7, 11) is 0. The van der Waals surface area contributed by atoms with Crippen LogP contribution < -0.4 is 0 Å². The van der Waals surface area contributed by atoms with Crippen molar-refractivity contribution in [2.24, 2.45) is 0 Å². The normalized spacial score (nSPS) is 14.3. The molecule has 4 nitrogen and oxygen atoms in total. The molecule has 0 atom stereocenters. The molecule has 2 aliphatic rings. The van der Waals surface area contributed by atoms with Crippen LogP contribution in [0.15, 0.2) is 72.8 Å². The second kappa shape index (κ2) is 6.73. The summed E-state index contributed by atoms with van der Waals surface area (Å²) >= 11 is 12.3. The molecule has 0 saturated heterocycles. The van der Waals surface area contributed by atoms with Crippen LogP contribution in [0.2, 0.25) is 10.6 Å². The van der Waals surface area contributed by atoms with Gasteiger partial charge in [-0.1, -0.05) is 74.5 Å². The molecule has 0 unspecified atom stereocenters. The average Bonchev–Trinajstić information content (AvgIpc) is 3.27. The average molecular weight is 505 g/mol. The Bertz CT molecular complexity index is 1930. The van der Waals surface area contributed by atoms with Crippen molar-refractivity contribution in [3.05, 3.63) is 94.5 Å². The third-order valence-electron chi connectivity index (χ3n) is 7.87. The van der Waals surface area contributed by atoms with E-state index in [1.165, 1.54) is 55.2 Å². The fourth-order valence-electron chi connectivity index (χ4n) is 6.33. The number of aromatic nitrogens is 4. The first-order valence-corrected chi connectivity index (χ1v) is 12.6. The lowest BCUT2D eigenvalue weighted by Gasteiger charge is -2.23. The van der Waals surface area contributed by atoms with Gasteiger partial charge in [0.15, 0.2) is 5.82 Å². The molecule has 1 aliphatic heterocycles. The van der Waals surface area contributed by atoms with Gasteiger partial charge >= 0.3 is 0 Å². The van der Waals surface area contributed by atoms with E-state index in [0.717, 1.165) is 11.3 Å². The molecule has 0 amide bonds. The van der Waals surface area contributed by atoms with Crippen LogP contribution in [0, 0.1) is 0 Å². The predicted molar refractivity (Wildman–Crippen MR) is 146 cm³/mol. The SMILES string of the molecule is CC1(C)c2cccc3c2-c2c1ccc1c4ccccc4n(c21)-c1cc(-c2nc(Cl)nc(Cl)n2)ccc1-3. The number of rotatable bonds is 1. The zero-order chi connectivity index (χ0) is 24.3. The molecule has 2 aromatic heterocycles. The van der Waals surface area contributed by atoms with Gasteiger partial charge in [0.05, 0.1) is 16.7 Å². The molecular formula is C30H18Cl2N4. The second-order valence-corrected chi connectivity index (χ2v) is 10.7. The van der Waals surface area contributed by atoms with Crippen molar-refractivity contribution in [2.75, 3.05) is 0 Å². The van der Waals surface area contributed by atoms with Crippen molar-refractivity contribution in [1.29, 1.82) is 0 Å². The molecule has 3 heterocycles. The summed E-state index contributed by atoms with van der Waals surface area (Å²) in [5, 5.41) is 2.65. The highest BCUT2D eigenvalue weighted by Crippen LogP contribution is 2.58. The lowest BCUT2D eigenvalue weighted by Crippen LogP contribution is -2.15. The molecule has 0 bridgehead atoms. The topological polar surface area (TPSA) is 43.6 Å². The van der Waals surface area contributed by atoms with E-state index < -0.39 is 0 Å². The van der Waals surface area contributed by atoms with E-state index in [2.05, 4.69) is 100 Å². The summed E-state index contributed by atoms with van der Waals surface area (Å²) in [6.07, 6.45) is 0. The van der Waals surface area contributed by atoms with Crippen LogP contribution in [0.1, 0.15) is 25.0 Å². The van der Waals surface area contributed by atoms with Gasteiger partial charge in [-0.3, -0.25) is 0 Å². The van der Waals surface area contributed by atoms with E-state index in [-0.39, 0.29) is 16.0 Å². The number of hydrogen-bond acceptors (Lipinski definition) is 3. The van der Waals surface area contributed by atoms with Gasteiger partial charge in [-0.05, 0) is 57.6 Å². The van der Waals surface area contributed by atoms with Crippen LogP contribution >= 0.6 is 23.2 Å². The van der Waals surface area contributed by atoms with Crippen molar-refractivity contribution in [3.63, 3.8) is 0 Å². The molecule has 0 radical (unpaired) electrons. The maximum absolute atomic E-state index is 6.13. The van der Waals surface area contributed by atoms with Gasteiger partial charge < -0.3 is 4.57 Å². The highest BCUT2D eigenvalue weighted by Gasteiger charge is 2.40. The Morgan fingerprint density at radius 2 is 1.47 bits per heavy atom. The van der Waals surface area contributed by atoms with Crippen molar-refractivity contribution < 1.29 is 0 Å². The molecule has 8 rings (SSSR count). The number of hydrogen-bond donors (Lipinski definition) is 0. The first-order chi connectivity index (χ1) is 17.4. The van der Waals surface area contributed by atoms with Gasteiger partial charge in [0.25, 0.3) is 0 Å². The number of nitrogens with zero attached hydrogens (tertiary/aromatic N) is 4. The monoisotopic (exact) mass is 504 g/mol. The lowest BCUT2D eigenvalue weighted by molar-refractivity contribution is 0.661. The number of fused-ring (bicyclic) bond motifs is 6. The van der Waals surface area contributed by atoms with Gasteiger partial charge in [-0.25, -0.2) is 0 Å². The maximum atomic E-state index is 6.13. The van der Waals surface area contributed by atoms with Gasteiger partial charge in [0.2, 0.25) is 10.6 Å². The molecule has 172 valence electrons. The fourth-order valence-corrected chi connectivity index (χ4v) is 6.70. The minimum absolute atomic E-state index is 0.0774. The Morgan fingerprint density at radius 3 is 2.31 bits per heavy atom. The summed E-state index contributed by atoms with van der Waals surface area (Å²) < 4.78 is 2.41. The van der Waals surface area contributed by atoms with Gasteiger partial charge in [0.1, 0.15) is 0 Å². The van der Waals surface area contributed by atoms with Gasteiger partial charge in [-0.15, -0.1) is 0 Å². The molecule has 6 aromatic rings. The van der Waals surface area contributed by atoms with Crippen molar-refractivity contribution >= 4 is 45.0 Å². The molecule has 36 heavy (non-hydrogen) atoms. The number of halogens is 2. The molecular weight excluding hydrogens is 487 g/mol. The summed E-state index contributed by atoms with van der Waals surface area (Å²) in [5.41, 5.74) is 12.1. The minimum atomic E-state index is -0.0774. The number of benzene rings is 4. The highest BCUT2D eigenvalue weighted by molar-refractivity contribution is 6.31. The summed E-state index contributed by atoms with van der Waals surface area (Å²) in [4.78, 5) is 12.6. The van der Waals surface area contributed by atoms with Gasteiger partial charge in [0, 0.05) is 32.9 Å². The molecule has 6 heteroatoms. The summed E-state index contributed by atoms with van der Waals surface area (Å²) in [6, 6.07) is 26.3. The Hall–Kier alpha value is -3.73. The van der Waals surface area contributed by atoms with E-state index >= 15 is 0 Å². The first-order valence-electron chi connectivity index (χ1n) is 11.9. The largest absolute Gasteiger partial charge is 0.308 e. The smallest absolute Gasteiger partial charge is 0.227 e. The molecule has 0 N–H and O–H groups in total. The third kappa shape index (κ3) is 2.43. The quantitative estimate of drug-likeness (QED) is 0.226. The summed E-state index contributed by atoms with van der Waals surface area (Å²) in [6.45, 7) is 4.67. The van der Waals surface area contributed by atoms with Crippen LogP contribution in [0.25, 0.3) is 61.1 Å². The van der Waals surface area contributed by atoms with Crippen molar-refractivity contribution in [3.8, 4) is 39.3 Å². The molecule has 1 aliphatic carbocycles. The van der Waals surface area contributed by atoms with Crippen LogP contribution in [-0.2, 0) is 5.41 Å². The van der Waals surface area contributed by atoms with E-state index in [0.29, 0.717) is 5.82 Å². The van der Waals surface area contributed by atoms with E-state index in [9.17, 15) is 0 Å². The van der Waals surface area contributed by atoms with Crippen LogP contribution in [-0.4, -0.2) is 19.5 Å². The van der Waals surface area contributed by atoms with E-state index in [1.54, 1.807) is 0 Å². The Kier molecular flexibility index (Phi) is 3.82. The number of para-hydroxylation sites is 1. The third-order valence-corrected chi connectivity index (χ3v) is 8.20.